The maximum atomic E-state index is 13.5. The lowest BCUT2D eigenvalue weighted by molar-refractivity contribution is 0.0949. The second kappa shape index (κ2) is 12.4. The number of carbonyl (C=O) groups is 2. The number of hydrogen-bond donors (Lipinski definition) is 4. The molecule has 1 aromatic heterocycles. The van der Waals surface area contributed by atoms with Gasteiger partial charge in [-0.15, -0.1) is 0 Å². The molecule has 0 radical (unpaired) electrons. The van der Waals surface area contributed by atoms with Crippen LogP contribution in [0.15, 0.2) is 42.5 Å². The molecule has 39 heavy (non-hydrogen) atoms. The quantitative estimate of drug-likeness (QED) is 0.222. The molecule has 0 aliphatic rings. The number of hydrogen-bond acceptors (Lipinski definition) is 6. The Kier molecular flexibility index (Phi) is 9.24. The van der Waals surface area contributed by atoms with Crippen LogP contribution in [0, 0.1) is 28.4 Å². The van der Waals surface area contributed by atoms with Crippen LogP contribution in [-0.2, 0) is 24.1 Å². The average molecular weight is 536 g/mol. The fraction of sp³-hybridized carbons (Fsp3) is 0.276. The Morgan fingerprint density at radius 2 is 1.69 bits per heavy atom. The van der Waals surface area contributed by atoms with Crippen LogP contribution in [0.4, 0.5) is 8.78 Å². The molecule has 0 spiro atoms. The third kappa shape index (κ3) is 6.90. The van der Waals surface area contributed by atoms with Gasteiger partial charge in [0.1, 0.15) is 0 Å². The average Bonchev–Trinajstić information content (AvgIpc) is 2.87. The minimum Gasteiger partial charge on any atom is -0.425 e. The molecule has 0 atom stereocenters. The molecular formula is C29H31F2N5O3. The van der Waals surface area contributed by atoms with E-state index < -0.39 is 23.4 Å². The molecule has 0 saturated carbocycles. The lowest BCUT2D eigenvalue weighted by Crippen LogP contribution is -2.24. The molecular weight excluding hydrogens is 504 g/mol. The van der Waals surface area contributed by atoms with Gasteiger partial charge in [-0.2, -0.15) is 0 Å². The summed E-state index contributed by atoms with van der Waals surface area (Å²) in [6.45, 7) is 7.23. The molecule has 0 unspecified atom stereocenters. The van der Waals surface area contributed by atoms with Crippen LogP contribution in [-0.4, -0.2) is 28.6 Å². The largest absolute Gasteiger partial charge is 0.425 e. The van der Waals surface area contributed by atoms with Crippen LogP contribution >= 0.6 is 0 Å². The van der Waals surface area contributed by atoms with Crippen molar-refractivity contribution in [2.75, 3.05) is 0 Å². The van der Waals surface area contributed by atoms with Crippen molar-refractivity contribution >= 4 is 23.6 Å². The van der Waals surface area contributed by atoms with Crippen molar-refractivity contribution < 1.29 is 23.1 Å². The topological polar surface area (TPSA) is 142 Å². The smallest absolute Gasteiger partial charge is 0.251 e. The van der Waals surface area contributed by atoms with E-state index in [4.69, 9.17) is 21.3 Å². The minimum atomic E-state index is -0.999. The van der Waals surface area contributed by atoms with Gasteiger partial charge in [0.2, 0.25) is 5.90 Å². The summed E-state index contributed by atoms with van der Waals surface area (Å²) < 4.78 is 31.9. The van der Waals surface area contributed by atoms with Crippen molar-refractivity contribution in [3.8, 4) is 11.1 Å². The molecule has 204 valence electrons. The van der Waals surface area contributed by atoms with Crippen LogP contribution in [0.25, 0.3) is 11.1 Å². The number of aryl methyl sites for hydroxylation is 1. The van der Waals surface area contributed by atoms with Crippen molar-refractivity contribution in [1.82, 2.24) is 10.3 Å². The molecule has 1 heterocycles. The highest BCUT2D eigenvalue weighted by Gasteiger charge is 2.27. The maximum absolute atomic E-state index is 13.5. The number of benzene rings is 2. The number of nitrogens with zero attached hydrogens (tertiary/aromatic N) is 1. The fourth-order valence-corrected chi connectivity index (χ4v) is 4.20. The Labute approximate surface area is 225 Å². The first-order chi connectivity index (χ1) is 18.4. The normalized spacial score (nSPS) is 10.8. The predicted molar refractivity (Wildman–Crippen MR) is 145 cm³/mol. The highest BCUT2D eigenvalue weighted by molar-refractivity contribution is 6.11. The Morgan fingerprint density at radius 1 is 1.03 bits per heavy atom. The second-order valence-electron chi connectivity index (χ2n) is 9.44. The van der Waals surface area contributed by atoms with Crippen molar-refractivity contribution in [2.24, 2.45) is 11.7 Å². The van der Waals surface area contributed by atoms with E-state index in [-0.39, 0.29) is 40.9 Å². The number of nitrogens with one attached hydrogen (secondary N) is 3. The number of nitrogens with two attached hydrogens (primary N) is 1. The van der Waals surface area contributed by atoms with Crippen molar-refractivity contribution in [3.63, 3.8) is 0 Å². The van der Waals surface area contributed by atoms with Crippen LogP contribution in [0.3, 0.4) is 0 Å². The summed E-state index contributed by atoms with van der Waals surface area (Å²) in [5.41, 5.74) is 8.81. The molecule has 2 aromatic carbocycles. The fourth-order valence-electron chi connectivity index (χ4n) is 4.20. The standard InChI is InChI=1S/C29H31F2N5O3/c1-5-22-26(28(34)39-16(4)32)24(25(27(33)37)23(36-22)12-15(2)3)18-7-9-19(10-8-18)29(38)35-14-17-6-11-20(30)21(31)13-17/h6-11,13,15,32,34H,5,12,14H2,1-4H3,(H2,33,37)(H,35,38). The van der Waals surface area contributed by atoms with E-state index in [9.17, 15) is 18.4 Å². The highest BCUT2D eigenvalue weighted by Crippen LogP contribution is 2.33. The highest BCUT2D eigenvalue weighted by atomic mass is 19.2. The van der Waals surface area contributed by atoms with Gasteiger partial charge in [-0.1, -0.05) is 39.0 Å². The van der Waals surface area contributed by atoms with Gasteiger partial charge in [0.15, 0.2) is 17.5 Å². The van der Waals surface area contributed by atoms with Gasteiger partial charge in [-0.05, 0) is 54.2 Å². The van der Waals surface area contributed by atoms with E-state index in [1.807, 2.05) is 20.8 Å². The molecule has 0 saturated heterocycles. The Hall–Kier alpha value is -4.47. The lowest BCUT2D eigenvalue weighted by Gasteiger charge is -2.21. The van der Waals surface area contributed by atoms with E-state index in [1.165, 1.54) is 13.0 Å². The first-order valence-electron chi connectivity index (χ1n) is 12.4. The summed E-state index contributed by atoms with van der Waals surface area (Å²) in [7, 11) is 0. The summed E-state index contributed by atoms with van der Waals surface area (Å²) in [5, 5.41) is 18.9. The van der Waals surface area contributed by atoms with Gasteiger partial charge in [-0.25, -0.2) is 8.78 Å². The third-order valence-corrected chi connectivity index (χ3v) is 5.89. The van der Waals surface area contributed by atoms with Crippen LogP contribution in [0.2, 0.25) is 0 Å². The van der Waals surface area contributed by atoms with Crippen LogP contribution in [0.5, 0.6) is 0 Å². The molecule has 3 rings (SSSR count). The van der Waals surface area contributed by atoms with Gasteiger partial charge < -0.3 is 15.8 Å². The molecule has 0 bridgehead atoms. The van der Waals surface area contributed by atoms with Gasteiger partial charge in [0, 0.05) is 24.6 Å². The number of pyridine rings is 1. The molecule has 2 amide bonds. The van der Waals surface area contributed by atoms with E-state index in [2.05, 4.69) is 10.3 Å². The van der Waals surface area contributed by atoms with E-state index >= 15 is 0 Å². The molecule has 3 aromatic rings. The predicted octanol–water partition coefficient (Wildman–Crippen LogP) is 5.16. The zero-order valence-electron chi connectivity index (χ0n) is 22.2. The number of primary amides is 1. The molecule has 0 aliphatic heterocycles. The van der Waals surface area contributed by atoms with E-state index in [1.54, 1.807) is 24.3 Å². The van der Waals surface area contributed by atoms with Gasteiger partial charge in [0.05, 0.1) is 22.5 Å². The van der Waals surface area contributed by atoms with E-state index in [0.717, 1.165) is 12.1 Å². The summed E-state index contributed by atoms with van der Waals surface area (Å²) in [5.74, 6) is -3.50. The number of amides is 2. The second-order valence-corrected chi connectivity index (χ2v) is 9.44. The van der Waals surface area contributed by atoms with Crippen molar-refractivity contribution in [3.05, 3.63) is 87.7 Å². The number of halogens is 2. The first-order valence-corrected chi connectivity index (χ1v) is 12.4. The monoisotopic (exact) mass is 535 g/mol. The first kappa shape index (κ1) is 29.1. The van der Waals surface area contributed by atoms with Crippen molar-refractivity contribution in [2.45, 2.75) is 47.1 Å². The summed E-state index contributed by atoms with van der Waals surface area (Å²) in [4.78, 5) is 30.1. The number of ether oxygens (including phenoxy) is 1. The Bertz CT molecular complexity index is 1440. The van der Waals surface area contributed by atoms with Gasteiger partial charge in [-0.3, -0.25) is 25.4 Å². The lowest BCUT2D eigenvalue weighted by atomic mass is 9.88. The van der Waals surface area contributed by atoms with Crippen LogP contribution < -0.4 is 11.1 Å². The van der Waals surface area contributed by atoms with Crippen LogP contribution in [0.1, 0.15) is 70.9 Å². The molecule has 8 nitrogen and oxygen atoms in total. The SMILES string of the molecule is CCc1nc(CC(C)C)c(C(N)=O)c(-c2ccc(C(=O)NCc3ccc(F)c(F)c3)cc2)c1C(=N)OC(C)=N. The summed E-state index contributed by atoms with van der Waals surface area (Å²) in [6.07, 6.45) is 0.903. The van der Waals surface area contributed by atoms with Crippen molar-refractivity contribution in [1.29, 1.82) is 10.8 Å². The number of carbonyl (C=O) groups excluding carboxylic acids is 2. The van der Waals surface area contributed by atoms with Gasteiger partial charge >= 0.3 is 0 Å². The number of rotatable bonds is 9. The molecule has 0 aliphatic carbocycles. The summed E-state index contributed by atoms with van der Waals surface area (Å²) in [6, 6.07) is 9.73. The molecule has 0 fully saturated rings. The Morgan fingerprint density at radius 3 is 2.23 bits per heavy atom. The number of aromatic nitrogens is 1. The zero-order valence-corrected chi connectivity index (χ0v) is 22.2. The van der Waals surface area contributed by atoms with E-state index in [0.29, 0.717) is 40.9 Å². The maximum Gasteiger partial charge on any atom is 0.251 e. The zero-order chi connectivity index (χ0) is 28.9. The van der Waals surface area contributed by atoms with Gasteiger partial charge in [0.25, 0.3) is 11.8 Å². The summed E-state index contributed by atoms with van der Waals surface area (Å²) >= 11 is 0. The molecule has 10 heteroatoms. The third-order valence-electron chi connectivity index (χ3n) is 5.89. The molecule has 5 N–H and O–H groups in total. The minimum absolute atomic E-state index is 0.00594. The Balaban J connectivity index is 2.06.